The van der Waals surface area contributed by atoms with Crippen LogP contribution in [0.15, 0.2) is 152 Å². The Kier molecular flexibility index (Phi) is 5.26. The Morgan fingerprint density at radius 1 is 0.439 bits per heavy atom. The molecule has 0 bridgehead atoms. The highest BCUT2D eigenvalue weighted by Crippen LogP contribution is 2.53. The van der Waals surface area contributed by atoms with E-state index in [0.29, 0.717) is 0 Å². The molecule has 0 aliphatic carbocycles. The van der Waals surface area contributed by atoms with Gasteiger partial charge in [-0.1, -0.05) is 147 Å². The Balaban J connectivity index is 1.50. The maximum Gasteiger partial charge on any atom is 0.180 e. The van der Waals surface area contributed by atoms with Gasteiger partial charge in [-0.15, -0.1) is 0 Å². The summed E-state index contributed by atoms with van der Waals surface area (Å²) in [7, 11) is -2.56. The van der Waals surface area contributed by atoms with Crippen molar-refractivity contribution >= 4 is 45.9 Å². The van der Waals surface area contributed by atoms with Crippen molar-refractivity contribution in [3.05, 3.63) is 163 Å². The number of para-hydroxylation sites is 2. The zero-order valence-corrected chi connectivity index (χ0v) is 24.4. The van der Waals surface area contributed by atoms with E-state index in [9.17, 15) is 0 Å². The molecule has 0 saturated heterocycles. The SMILES string of the molecule is CC1(C)c2ccccc2N(c2cccc3c2-c2ccccc2[Si]3(c2ccccc2)c2ccccc2)c2ccccc21. The molecule has 0 N–H and O–H groups in total. The third-order valence-electron chi connectivity index (χ3n) is 9.34. The Bertz CT molecular complexity index is 1830. The van der Waals surface area contributed by atoms with Gasteiger partial charge in [-0.2, -0.15) is 0 Å². The Morgan fingerprint density at radius 3 is 1.51 bits per heavy atom. The van der Waals surface area contributed by atoms with E-state index in [1.165, 1.54) is 60.1 Å². The first-order valence-corrected chi connectivity index (χ1v) is 16.5. The lowest BCUT2D eigenvalue weighted by molar-refractivity contribution is 0.632. The van der Waals surface area contributed by atoms with E-state index >= 15 is 0 Å². The molecule has 0 unspecified atom stereocenters. The zero-order valence-electron chi connectivity index (χ0n) is 23.4. The van der Waals surface area contributed by atoms with Crippen LogP contribution in [0.3, 0.4) is 0 Å². The number of hydrogen-bond donors (Lipinski definition) is 0. The van der Waals surface area contributed by atoms with Gasteiger partial charge >= 0.3 is 0 Å². The van der Waals surface area contributed by atoms with Gasteiger partial charge in [0.25, 0.3) is 0 Å². The topological polar surface area (TPSA) is 3.24 Å². The fourth-order valence-corrected chi connectivity index (χ4v) is 12.8. The average Bonchev–Trinajstić information content (AvgIpc) is 3.34. The molecule has 0 fully saturated rings. The summed E-state index contributed by atoms with van der Waals surface area (Å²) in [6, 6.07) is 56.7. The van der Waals surface area contributed by atoms with Gasteiger partial charge in [0.2, 0.25) is 0 Å². The standard InChI is InChI=1S/C39H31NSi/c1-39(2)31-21-10-12-23-33(31)40(34-24-13-11-22-32(34)39)35-25-15-27-37-38(35)30-20-9-14-26-36(30)41(37,28-16-5-3-6-17-28)29-18-7-4-8-19-29/h3-27H,1-2H3. The summed E-state index contributed by atoms with van der Waals surface area (Å²) in [6.45, 7) is 4.71. The molecule has 0 saturated carbocycles. The molecule has 0 atom stereocenters. The van der Waals surface area contributed by atoms with Gasteiger partial charge in [0, 0.05) is 11.0 Å². The summed E-state index contributed by atoms with van der Waals surface area (Å²) < 4.78 is 0. The molecule has 41 heavy (non-hydrogen) atoms. The van der Waals surface area contributed by atoms with Gasteiger partial charge in [0.15, 0.2) is 8.07 Å². The van der Waals surface area contributed by atoms with Crippen LogP contribution in [0.4, 0.5) is 17.1 Å². The predicted molar refractivity (Wildman–Crippen MR) is 176 cm³/mol. The minimum atomic E-state index is -2.56. The van der Waals surface area contributed by atoms with Crippen LogP contribution in [-0.2, 0) is 5.41 Å². The molecule has 8 rings (SSSR count). The highest BCUT2D eigenvalue weighted by atomic mass is 28.3. The second-order valence-electron chi connectivity index (χ2n) is 11.7. The predicted octanol–water partition coefficient (Wildman–Crippen LogP) is 7.15. The second-order valence-corrected chi connectivity index (χ2v) is 15.5. The first kappa shape index (κ1) is 24.2. The molecule has 196 valence electrons. The van der Waals surface area contributed by atoms with Crippen molar-refractivity contribution in [2.75, 3.05) is 4.90 Å². The number of hydrogen-bond acceptors (Lipinski definition) is 1. The average molecular weight is 542 g/mol. The van der Waals surface area contributed by atoms with Crippen molar-refractivity contribution < 1.29 is 0 Å². The summed E-state index contributed by atoms with van der Waals surface area (Å²) in [5, 5.41) is 5.79. The van der Waals surface area contributed by atoms with Gasteiger partial charge in [-0.25, -0.2) is 0 Å². The van der Waals surface area contributed by atoms with Crippen LogP contribution < -0.4 is 25.6 Å². The normalized spacial score (nSPS) is 15.4. The molecule has 2 heteroatoms. The highest BCUT2D eigenvalue weighted by molar-refractivity contribution is 7.22. The van der Waals surface area contributed by atoms with Crippen LogP contribution in [0, 0.1) is 0 Å². The van der Waals surface area contributed by atoms with E-state index in [1.807, 2.05) is 0 Å². The van der Waals surface area contributed by atoms with Gasteiger partial charge in [-0.05, 0) is 55.6 Å². The molecule has 6 aromatic carbocycles. The highest BCUT2D eigenvalue weighted by Gasteiger charge is 2.50. The maximum absolute atomic E-state index is 2.56. The van der Waals surface area contributed by atoms with Crippen molar-refractivity contribution in [3.63, 3.8) is 0 Å². The molecule has 0 aromatic heterocycles. The minimum Gasteiger partial charge on any atom is -0.309 e. The Hall–Kier alpha value is -4.66. The zero-order chi connectivity index (χ0) is 27.6. The summed E-state index contributed by atoms with van der Waals surface area (Å²) in [5.74, 6) is 0. The van der Waals surface area contributed by atoms with E-state index in [-0.39, 0.29) is 5.41 Å². The summed E-state index contributed by atoms with van der Waals surface area (Å²) >= 11 is 0. The molecule has 2 aliphatic heterocycles. The molecule has 0 radical (unpaired) electrons. The van der Waals surface area contributed by atoms with Gasteiger partial charge < -0.3 is 4.90 Å². The number of nitrogens with zero attached hydrogens (tertiary/aromatic N) is 1. The number of benzene rings is 6. The fraction of sp³-hybridized carbons (Fsp3) is 0.0769. The van der Waals surface area contributed by atoms with Gasteiger partial charge in [0.1, 0.15) is 0 Å². The van der Waals surface area contributed by atoms with E-state index in [4.69, 9.17) is 0 Å². The summed E-state index contributed by atoms with van der Waals surface area (Å²) in [6.07, 6.45) is 0. The minimum absolute atomic E-state index is 0.0911. The molecule has 0 spiro atoms. The molecule has 1 nitrogen and oxygen atoms in total. The van der Waals surface area contributed by atoms with Crippen molar-refractivity contribution in [2.45, 2.75) is 19.3 Å². The first-order valence-electron chi connectivity index (χ1n) is 14.5. The smallest absolute Gasteiger partial charge is 0.180 e. The Morgan fingerprint density at radius 2 is 0.902 bits per heavy atom. The number of fused-ring (bicyclic) bond motifs is 5. The molecule has 0 amide bonds. The maximum atomic E-state index is 2.53. The number of rotatable bonds is 3. The van der Waals surface area contributed by atoms with Crippen molar-refractivity contribution in [3.8, 4) is 11.1 Å². The second kappa shape index (κ2) is 8.92. The van der Waals surface area contributed by atoms with Crippen molar-refractivity contribution in [1.82, 2.24) is 0 Å². The monoisotopic (exact) mass is 541 g/mol. The molecular weight excluding hydrogens is 511 g/mol. The van der Waals surface area contributed by atoms with Crippen LogP contribution in [0.5, 0.6) is 0 Å². The molecule has 2 heterocycles. The van der Waals surface area contributed by atoms with Crippen LogP contribution in [-0.4, -0.2) is 8.07 Å². The van der Waals surface area contributed by atoms with Gasteiger partial charge in [0.05, 0.1) is 17.1 Å². The lowest BCUT2D eigenvalue weighted by Crippen LogP contribution is -2.72. The Labute approximate surface area is 243 Å². The van der Waals surface area contributed by atoms with E-state index in [0.717, 1.165) is 0 Å². The number of anilines is 3. The van der Waals surface area contributed by atoms with Crippen molar-refractivity contribution in [2.24, 2.45) is 0 Å². The van der Waals surface area contributed by atoms with E-state index in [1.54, 1.807) is 0 Å². The third kappa shape index (κ3) is 3.23. The van der Waals surface area contributed by atoms with E-state index in [2.05, 4.69) is 170 Å². The van der Waals surface area contributed by atoms with Crippen LogP contribution in [0.25, 0.3) is 11.1 Å². The first-order chi connectivity index (χ1) is 20.1. The van der Waals surface area contributed by atoms with E-state index < -0.39 is 8.07 Å². The summed E-state index contributed by atoms with van der Waals surface area (Å²) in [5.41, 5.74) is 9.14. The van der Waals surface area contributed by atoms with Gasteiger partial charge in [-0.3, -0.25) is 0 Å². The molecular formula is C39H31NSi. The largest absolute Gasteiger partial charge is 0.309 e. The third-order valence-corrected chi connectivity index (χ3v) is 14.2. The van der Waals surface area contributed by atoms with Crippen LogP contribution >= 0.6 is 0 Å². The summed E-state index contributed by atoms with van der Waals surface area (Å²) in [4.78, 5) is 2.53. The van der Waals surface area contributed by atoms with Crippen LogP contribution in [0.1, 0.15) is 25.0 Å². The lowest BCUT2D eigenvalue weighted by atomic mass is 9.73. The lowest BCUT2D eigenvalue weighted by Gasteiger charge is -2.42. The fourth-order valence-electron chi connectivity index (χ4n) is 7.59. The van der Waals surface area contributed by atoms with Crippen molar-refractivity contribution in [1.29, 1.82) is 0 Å². The quantitative estimate of drug-likeness (QED) is 0.215. The van der Waals surface area contributed by atoms with Crippen LogP contribution in [0.2, 0.25) is 0 Å². The molecule has 6 aromatic rings. The molecule has 2 aliphatic rings.